The monoisotopic (exact) mass is 292 g/mol. The molecule has 0 saturated heterocycles. The Morgan fingerprint density at radius 3 is 1.85 bits per heavy atom. The molecule has 0 aromatic rings. The van der Waals surface area contributed by atoms with Crippen molar-refractivity contribution in [1.29, 1.82) is 0 Å². The van der Waals surface area contributed by atoms with Gasteiger partial charge in [-0.25, -0.2) is 0 Å². The van der Waals surface area contributed by atoms with Gasteiger partial charge in [-0.1, -0.05) is 46.5 Å². The molecule has 0 aromatic carbocycles. The van der Waals surface area contributed by atoms with Crippen molar-refractivity contribution in [1.82, 2.24) is 0 Å². The van der Waals surface area contributed by atoms with Gasteiger partial charge in [0.1, 0.15) is 0 Å². The van der Waals surface area contributed by atoms with Crippen LogP contribution in [0.1, 0.15) is 59.3 Å². The van der Waals surface area contributed by atoms with E-state index in [2.05, 4.69) is 20.8 Å². The highest BCUT2D eigenvalue weighted by molar-refractivity contribution is 4.53. The molecule has 124 valence electrons. The third-order valence-corrected chi connectivity index (χ3v) is 3.05. The molecule has 0 aromatic heterocycles. The Labute approximate surface area is 125 Å². The number of unbranched alkanes of at least 4 members (excludes halogenated alkanes) is 2. The van der Waals surface area contributed by atoms with Gasteiger partial charge >= 0.3 is 0 Å². The third-order valence-electron chi connectivity index (χ3n) is 3.05. The molecular formula is C16H36O4. The van der Waals surface area contributed by atoms with Gasteiger partial charge in [-0.05, 0) is 18.8 Å². The molecule has 4 heteroatoms. The average molecular weight is 292 g/mol. The van der Waals surface area contributed by atoms with Crippen LogP contribution >= 0.6 is 0 Å². The molecule has 4 nitrogen and oxygen atoms in total. The maximum atomic E-state index is 8.75. The van der Waals surface area contributed by atoms with E-state index in [-0.39, 0.29) is 6.61 Å². The molecule has 0 saturated carbocycles. The smallest absolute Gasteiger partial charge is 0.0701 e. The first kappa shape index (κ1) is 22.1. The lowest BCUT2D eigenvalue weighted by Crippen LogP contribution is -2.07. The summed E-state index contributed by atoms with van der Waals surface area (Å²) in [4.78, 5) is 0. The zero-order valence-corrected chi connectivity index (χ0v) is 13.8. The van der Waals surface area contributed by atoms with Gasteiger partial charge in [0.15, 0.2) is 0 Å². The molecular weight excluding hydrogens is 256 g/mol. The van der Waals surface area contributed by atoms with Crippen LogP contribution in [-0.4, -0.2) is 49.9 Å². The number of aliphatic hydroxyl groups is 2. The van der Waals surface area contributed by atoms with Crippen LogP contribution in [0.15, 0.2) is 0 Å². The Balaban J connectivity index is 0. The van der Waals surface area contributed by atoms with Crippen LogP contribution in [0.25, 0.3) is 0 Å². The highest BCUT2D eigenvalue weighted by Gasteiger charge is 2.01. The Morgan fingerprint density at radius 1 is 0.800 bits per heavy atom. The zero-order valence-electron chi connectivity index (χ0n) is 13.8. The maximum Gasteiger partial charge on any atom is 0.0701 e. The van der Waals surface area contributed by atoms with Gasteiger partial charge in [0.25, 0.3) is 0 Å². The van der Waals surface area contributed by atoms with Crippen molar-refractivity contribution >= 4 is 0 Å². The van der Waals surface area contributed by atoms with Crippen molar-refractivity contribution in [3.8, 4) is 0 Å². The number of hydrogen-bond donors (Lipinski definition) is 2. The molecule has 0 aliphatic rings. The second kappa shape index (κ2) is 21.1. The van der Waals surface area contributed by atoms with Gasteiger partial charge in [0, 0.05) is 13.2 Å². The van der Waals surface area contributed by atoms with Crippen LogP contribution in [0, 0.1) is 5.92 Å². The summed E-state index contributed by atoms with van der Waals surface area (Å²) in [7, 11) is 0. The molecule has 0 radical (unpaired) electrons. The van der Waals surface area contributed by atoms with Crippen molar-refractivity contribution in [3.63, 3.8) is 0 Å². The van der Waals surface area contributed by atoms with Gasteiger partial charge in [-0.3, -0.25) is 0 Å². The molecule has 1 atom stereocenters. The zero-order chi connectivity index (χ0) is 15.5. The number of aliphatic hydroxyl groups excluding tert-OH is 2. The fourth-order valence-corrected chi connectivity index (χ4v) is 1.55. The van der Waals surface area contributed by atoms with Crippen LogP contribution in [-0.2, 0) is 9.47 Å². The molecule has 0 bridgehead atoms. The standard InChI is InChI=1S/C8H18O3.C8H18O/c1-2-3-5-10-7-8-11-6-4-9;1-3-5-6-8(4-2)7-9/h9H,2-8H2,1H3;8-9H,3-7H2,1-2H3. The third kappa shape index (κ3) is 20.2. The van der Waals surface area contributed by atoms with Gasteiger partial charge < -0.3 is 19.7 Å². The van der Waals surface area contributed by atoms with Crippen molar-refractivity contribution in [2.45, 2.75) is 59.3 Å². The predicted octanol–water partition coefficient (Wildman–Crippen LogP) is 3.01. The van der Waals surface area contributed by atoms with E-state index in [1.807, 2.05) is 0 Å². The molecule has 20 heavy (non-hydrogen) atoms. The molecule has 0 spiro atoms. The summed E-state index contributed by atoms with van der Waals surface area (Å²) in [5, 5.41) is 17.1. The Hall–Kier alpha value is -0.160. The Morgan fingerprint density at radius 2 is 1.40 bits per heavy atom. The van der Waals surface area contributed by atoms with E-state index >= 15 is 0 Å². The van der Waals surface area contributed by atoms with Crippen LogP contribution in [0.4, 0.5) is 0 Å². The minimum absolute atomic E-state index is 0.0922. The summed E-state index contributed by atoms with van der Waals surface area (Å²) < 4.78 is 10.2. The first-order chi connectivity index (χ1) is 9.76. The molecule has 0 rings (SSSR count). The number of hydrogen-bond acceptors (Lipinski definition) is 4. The topological polar surface area (TPSA) is 58.9 Å². The molecule has 0 aliphatic carbocycles. The SMILES string of the molecule is CCCCC(CC)CO.CCCCOCCOCCO. The van der Waals surface area contributed by atoms with Crippen molar-refractivity contribution in [2.75, 3.05) is 39.6 Å². The predicted molar refractivity (Wildman–Crippen MR) is 84.0 cm³/mol. The van der Waals surface area contributed by atoms with E-state index in [1.165, 1.54) is 19.3 Å². The summed E-state index contributed by atoms with van der Waals surface area (Å²) in [6, 6.07) is 0. The van der Waals surface area contributed by atoms with Crippen molar-refractivity contribution in [2.24, 2.45) is 5.92 Å². The van der Waals surface area contributed by atoms with Gasteiger partial charge in [-0.2, -0.15) is 0 Å². The number of rotatable bonds is 13. The van der Waals surface area contributed by atoms with Gasteiger partial charge in [0.2, 0.25) is 0 Å². The minimum Gasteiger partial charge on any atom is -0.396 e. The summed E-state index contributed by atoms with van der Waals surface area (Å²) in [5.74, 6) is 0.560. The average Bonchev–Trinajstić information content (AvgIpc) is 2.48. The highest BCUT2D eigenvalue weighted by Crippen LogP contribution is 2.10. The Kier molecular flexibility index (Phi) is 23.4. The molecule has 0 aliphatic heterocycles. The molecule has 0 fully saturated rings. The first-order valence-electron chi connectivity index (χ1n) is 8.13. The largest absolute Gasteiger partial charge is 0.396 e. The summed E-state index contributed by atoms with van der Waals surface area (Å²) in [5.41, 5.74) is 0. The van der Waals surface area contributed by atoms with Crippen LogP contribution < -0.4 is 0 Å². The second-order valence-electron chi connectivity index (χ2n) is 4.90. The van der Waals surface area contributed by atoms with E-state index in [0.29, 0.717) is 32.3 Å². The van der Waals surface area contributed by atoms with Crippen LogP contribution in [0.2, 0.25) is 0 Å². The van der Waals surface area contributed by atoms with Crippen LogP contribution in [0.3, 0.4) is 0 Å². The summed E-state index contributed by atoms with van der Waals surface area (Å²) in [6.45, 7) is 9.37. The fraction of sp³-hybridized carbons (Fsp3) is 1.00. The van der Waals surface area contributed by atoms with Gasteiger partial charge in [-0.15, -0.1) is 0 Å². The normalized spacial score (nSPS) is 11.8. The van der Waals surface area contributed by atoms with E-state index in [9.17, 15) is 0 Å². The second-order valence-corrected chi connectivity index (χ2v) is 4.90. The molecule has 2 N–H and O–H groups in total. The molecule has 0 amide bonds. The number of ether oxygens (including phenoxy) is 2. The lowest BCUT2D eigenvalue weighted by molar-refractivity contribution is 0.0324. The molecule has 1 unspecified atom stereocenters. The fourth-order valence-electron chi connectivity index (χ4n) is 1.55. The van der Waals surface area contributed by atoms with Crippen molar-refractivity contribution in [3.05, 3.63) is 0 Å². The Bertz CT molecular complexity index is 141. The maximum absolute atomic E-state index is 8.75. The summed E-state index contributed by atoms with van der Waals surface area (Å²) >= 11 is 0. The molecule has 0 heterocycles. The van der Waals surface area contributed by atoms with Gasteiger partial charge in [0.05, 0.1) is 26.4 Å². The van der Waals surface area contributed by atoms with Crippen LogP contribution in [0.5, 0.6) is 0 Å². The van der Waals surface area contributed by atoms with E-state index in [1.54, 1.807) is 0 Å². The van der Waals surface area contributed by atoms with E-state index in [4.69, 9.17) is 19.7 Å². The van der Waals surface area contributed by atoms with E-state index < -0.39 is 0 Å². The quantitative estimate of drug-likeness (QED) is 0.512. The minimum atomic E-state index is 0.0922. The van der Waals surface area contributed by atoms with E-state index in [0.717, 1.165) is 25.9 Å². The first-order valence-corrected chi connectivity index (χ1v) is 8.13. The lowest BCUT2D eigenvalue weighted by atomic mass is 10.0. The lowest BCUT2D eigenvalue weighted by Gasteiger charge is -2.08. The highest BCUT2D eigenvalue weighted by atomic mass is 16.5. The summed E-state index contributed by atoms with van der Waals surface area (Å²) in [6.07, 6.45) is 7.10. The van der Waals surface area contributed by atoms with Crippen molar-refractivity contribution < 1.29 is 19.7 Å².